The molecule has 1 atom stereocenters. The van der Waals surface area contributed by atoms with E-state index in [1.807, 2.05) is 0 Å². The highest BCUT2D eigenvalue weighted by Gasteiger charge is 2.24. The van der Waals surface area contributed by atoms with E-state index in [0.717, 1.165) is 0 Å². The van der Waals surface area contributed by atoms with Crippen LogP contribution in [0.15, 0.2) is 17.2 Å². The second-order valence-electron chi connectivity index (χ2n) is 4.07. The standard InChI is InChI=1S/C11H14ClN3O3/c1-8(11(17)14-2-4-18-5-3-14)15-7-13-9(12)6-10(15)16/h6-8H,2-5H2,1H3. The van der Waals surface area contributed by atoms with Crippen LogP contribution in [0, 0.1) is 0 Å². The van der Waals surface area contributed by atoms with Gasteiger partial charge in [0, 0.05) is 19.2 Å². The van der Waals surface area contributed by atoms with Crippen LogP contribution >= 0.6 is 11.6 Å². The minimum atomic E-state index is -0.583. The smallest absolute Gasteiger partial charge is 0.255 e. The Morgan fingerprint density at radius 1 is 1.50 bits per heavy atom. The summed E-state index contributed by atoms with van der Waals surface area (Å²) in [6.45, 7) is 3.85. The summed E-state index contributed by atoms with van der Waals surface area (Å²) < 4.78 is 6.46. The normalized spacial score (nSPS) is 17.6. The molecule has 1 unspecified atom stereocenters. The molecule has 0 spiro atoms. The molecule has 0 radical (unpaired) electrons. The third-order valence-electron chi connectivity index (χ3n) is 2.90. The maximum absolute atomic E-state index is 12.2. The van der Waals surface area contributed by atoms with Crippen molar-refractivity contribution in [3.8, 4) is 0 Å². The molecule has 0 aromatic carbocycles. The monoisotopic (exact) mass is 271 g/mol. The number of carbonyl (C=O) groups excluding carboxylic acids is 1. The first kappa shape index (κ1) is 13.0. The van der Waals surface area contributed by atoms with E-state index >= 15 is 0 Å². The van der Waals surface area contributed by atoms with E-state index in [1.54, 1.807) is 11.8 Å². The summed E-state index contributed by atoms with van der Waals surface area (Å²) in [5.74, 6) is -0.107. The zero-order valence-corrected chi connectivity index (χ0v) is 10.8. The van der Waals surface area contributed by atoms with Gasteiger partial charge >= 0.3 is 0 Å². The first-order chi connectivity index (χ1) is 8.59. The van der Waals surface area contributed by atoms with Gasteiger partial charge in [0.05, 0.1) is 19.5 Å². The highest BCUT2D eigenvalue weighted by Crippen LogP contribution is 2.10. The molecule has 1 aromatic heterocycles. The van der Waals surface area contributed by atoms with Crippen molar-refractivity contribution in [2.45, 2.75) is 13.0 Å². The van der Waals surface area contributed by atoms with E-state index in [4.69, 9.17) is 16.3 Å². The third kappa shape index (κ3) is 2.70. The SMILES string of the molecule is CC(C(=O)N1CCOCC1)n1cnc(Cl)cc1=O. The van der Waals surface area contributed by atoms with Gasteiger partial charge in [-0.1, -0.05) is 11.6 Å². The highest BCUT2D eigenvalue weighted by molar-refractivity contribution is 6.29. The van der Waals surface area contributed by atoms with E-state index in [9.17, 15) is 9.59 Å². The van der Waals surface area contributed by atoms with Gasteiger partial charge in [-0.3, -0.25) is 14.2 Å². The molecule has 1 amide bonds. The predicted octanol–water partition coefficient (Wildman–Crippen LogP) is 0.316. The summed E-state index contributed by atoms with van der Waals surface area (Å²) in [7, 11) is 0. The van der Waals surface area contributed by atoms with E-state index in [-0.39, 0.29) is 16.6 Å². The molecule has 7 heteroatoms. The van der Waals surface area contributed by atoms with Gasteiger partial charge in [-0.25, -0.2) is 4.98 Å². The van der Waals surface area contributed by atoms with Gasteiger partial charge in [0.25, 0.3) is 5.56 Å². The van der Waals surface area contributed by atoms with Crippen LogP contribution in [-0.4, -0.2) is 46.7 Å². The first-order valence-corrected chi connectivity index (χ1v) is 6.07. The molecule has 18 heavy (non-hydrogen) atoms. The van der Waals surface area contributed by atoms with E-state index in [1.165, 1.54) is 17.0 Å². The van der Waals surface area contributed by atoms with Gasteiger partial charge in [0.1, 0.15) is 11.2 Å². The van der Waals surface area contributed by atoms with Crippen molar-refractivity contribution in [1.29, 1.82) is 0 Å². The molecule has 0 bridgehead atoms. The number of hydrogen-bond acceptors (Lipinski definition) is 4. The molecular weight excluding hydrogens is 258 g/mol. The fourth-order valence-corrected chi connectivity index (χ4v) is 1.98. The Morgan fingerprint density at radius 3 is 2.78 bits per heavy atom. The Hall–Kier alpha value is -1.40. The number of rotatable bonds is 2. The van der Waals surface area contributed by atoms with Crippen LogP contribution in [0.4, 0.5) is 0 Å². The van der Waals surface area contributed by atoms with Crippen molar-refractivity contribution in [2.75, 3.05) is 26.3 Å². The zero-order chi connectivity index (χ0) is 13.1. The Morgan fingerprint density at radius 2 is 2.17 bits per heavy atom. The van der Waals surface area contributed by atoms with Crippen molar-refractivity contribution in [1.82, 2.24) is 14.5 Å². The number of ether oxygens (including phenoxy) is 1. The van der Waals surface area contributed by atoms with Crippen molar-refractivity contribution in [3.05, 3.63) is 27.9 Å². The fraction of sp³-hybridized carbons (Fsp3) is 0.545. The minimum Gasteiger partial charge on any atom is -0.378 e. The van der Waals surface area contributed by atoms with Crippen molar-refractivity contribution in [3.63, 3.8) is 0 Å². The molecule has 1 aromatic rings. The van der Waals surface area contributed by atoms with Gasteiger partial charge in [0.15, 0.2) is 0 Å². The largest absolute Gasteiger partial charge is 0.378 e. The lowest BCUT2D eigenvalue weighted by molar-refractivity contribution is -0.138. The molecule has 0 saturated carbocycles. The molecule has 2 heterocycles. The van der Waals surface area contributed by atoms with Crippen molar-refractivity contribution in [2.24, 2.45) is 0 Å². The van der Waals surface area contributed by atoms with Gasteiger partial charge in [-0.2, -0.15) is 0 Å². The molecular formula is C11H14ClN3O3. The topological polar surface area (TPSA) is 64.4 Å². The number of aromatic nitrogens is 2. The lowest BCUT2D eigenvalue weighted by Crippen LogP contribution is -2.45. The molecule has 0 N–H and O–H groups in total. The fourth-order valence-electron chi connectivity index (χ4n) is 1.85. The van der Waals surface area contributed by atoms with E-state index in [0.29, 0.717) is 26.3 Å². The predicted molar refractivity (Wildman–Crippen MR) is 65.6 cm³/mol. The van der Waals surface area contributed by atoms with Crippen LogP contribution in [0.25, 0.3) is 0 Å². The van der Waals surface area contributed by atoms with Crippen LogP contribution in [0.3, 0.4) is 0 Å². The molecule has 1 aliphatic rings. The maximum atomic E-state index is 12.2. The Kier molecular flexibility index (Phi) is 3.98. The first-order valence-electron chi connectivity index (χ1n) is 5.70. The number of hydrogen-bond donors (Lipinski definition) is 0. The average molecular weight is 272 g/mol. The van der Waals surface area contributed by atoms with Gasteiger partial charge in [-0.15, -0.1) is 0 Å². The highest BCUT2D eigenvalue weighted by atomic mass is 35.5. The Balaban J connectivity index is 2.17. The number of halogens is 1. The van der Waals surface area contributed by atoms with Crippen molar-refractivity contribution >= 4 is 17.5 Å². The quantitative estimate of drug-likeness (QED) is 0.727. The Bertz CT molecular complexity index is 497. The summed E-state index contributed by atoms with van der Waals surface area (Å²) in [4.78, 5) is 29.4. The van der Waals surface area contributed by atoms with Gasteiger partial charge in [0.2, 0.25) is 5.91 Å². The van der Waals surface area contributed by atoms with E-state index in [2.05, 4.69) is 4.98 Å². The lowest BCUT2D eigenvalue weighted by Gasteiger charge is -2.29. The van der Waals surface area contributed by atoms with Crippen LogP contribution in [0.5, 0.6) is 0 Å². The molecule has 6 nitrogen and oxygen atoms in total. The maximum Gasteiger partial charge on any atom is 0.255 e. The molecule has 98 valence electrons. The second kappa shape index (κ2) is 5.49. The van der Waals surface area contributed by atoms with Gasteiger partial charge < -0.3 is 9.64 Å². The molecule has 2 rings (SSSR count). The van der Waals surface area contributed by atoms with Gasteiger partial charge in [-0.05, 0) is 6.92 Å². The molecule has 0 aliphatic carbocycles. The van der Waals surface area contributed by atoms with Crippen LogP contribution in [-0.2, 0) is 9.53 Å². The number of morpholine rings is 1. The average Bonchev–Trinajstić information content (AvgIpc) is 2.38. The third-order valence-corrected chi connectivity index (χ3v) is 3.11. The van der Waals surface area contributed by atoms with Crippen LogP contribution in [0.1, 0.15) is 13.0 Å². The second-order valence-corrected chi connectivity index (χ2v) is 4.46. The lowest BCUT2D eigenvalue weighted by atomic mass is 10.2. The number of carbonyl (C=O) groups is 1. The Labute approximate surface area is 109 Å². The summed E-state index contributed by atoms with van der Waals surface area (Å²) in [6.07, 6.45) is 1.30. The zero-order valence-electron chi connectivity index (χ0n) is 10.0. The van der Waals surface area contributed by atoms with E-state index < -0.39 is 6.04 Å². The minimum absolute atomic E-state index is 0.107. The van der Waals surface area contributed by atoms with Crippen LogP contribution < -0.4 is 5.56 Å². The van der Waals surface area contributed by atoms with Crippen LogP contribution in [0.2, 0.25) is 5.15 Å². The molecule has 1 aliphatic heterocycles. The van der Waals surface area contributed by atoms with Crippen molar-refractivity contribution < 1.29 is 9.53 Å². The number of nitrogens with zero attached hydrogens (tertiary/aromatic N) is 3. The summed E-state index contributed by atoms with van der Waals surface area (Å²) >= 11 is 5.61. The summed E-state index contributed by atoms with van der Waals surface area (Å²) in [5, 5.41) is 0.127. The molecule has 1 saturated heterocycles. The molecule has 1 fully saturated rings. The number of amides is 1. The summed E-state index contributed by atoms with van der Waals surface area (Å²) in [6, 6.07) is 0.616. The summed E-state index contributed by atoms with van der Waals surface area (Å²) in [5.41, 5.74) is -0.330.